The highest BCUT2D eigenvalue weighted by Crippen LogP contribution is 2.23. The summed E-state index contributed by atoms with van der Waals surface area (Å²) in [5.41, 5.74) is -0.886. The zero-order chi connectivity index (χ0) is 13.1. The van der Waals surface area contributed by atoms with E-state index in [0.29, 0.717) is 0 Å². The molecule has 0 aromatic heterocycles. The highest BCUT2D eigenvalue weighted by Gasteiger charge is 2.38. The first kappa shape index (κ1) is 13.5. The maximum Gasteiger partial charge on any atom is 0.437 e. The Morgan fingerprint density at radius 1 is 1.24 bits per heavy atom. The molecular weight excluding hydrogens is 259 g/mol. The molecule has 0 radical (unpaired) electrons. The maximum absolute atomic E-state index is 12.5. The lowest BCUT2D eigenvalue weighted by atomic mass is 10.1. The van der Waals surface area contributed by atoms with Crippen LogP contribution in [0.4, 0.5) is 13.2 Å². The van der Waals surface area contributed by atoms with Gasteiger partial charge in [-0.25, -0.2) is 0 Å². The van der Waals surface area contributed by atoms with Gasteiger partial charge >= 0.3 is 17.2 Å². The number of halogens is 3. The molecule has 0 fully saturated rings. The number of benzene rings is 1. The van der Waals surface area contributed by atoms with Gasteiger partial charge in [-0.3, -0.25) is 4.28 Å². The summed E-state index contributed by atoms with van der Waals surface area (Å²) in [4.78, 5) is 0. The normalized spacial score (nSPS) is 12.9. The van der Waals surface area contributed by atoms with Crippen LogP contribution in [-0.4, -0.2) is 20.3 Å². The molecule has 0 aliphatic rings. The number of oxime groups is 1. The van der Waals surface area contributed by atoms with Crippen molar-refractivity contribution in [1.29, 1.82) is 0 Å². The van der Waals surface area contributed by atoms with Gasteiger partial charge in [0.05, 0.1) is 0 Å². The molecule has 0 aliphatic carbocycles. The maximum atomic E-state index is 12.5. The Morgan fingerprint density at radius 3 is 2.18 bits per heavy atom. The van der Waals surface area contributed by atoms with E-state index in [1.807, 2.05) is 0 Å². The lowest BCUT2D eigenvalue weighted by molar-refractivity contribution is -0.0596. The van der Waals surface area contributed by atoms with Crippen LogP contribution in [0.1, 0.15) is 11.1 Å². The van der Waals surface area contributed by atoms with Gasteiger partial charge in [0.2, 0.25) is 0 Å². The van der Waals surface area contributed by atoms with Gasteiger partial charge in [-0.2, -0.15) is 21.6 Å². The summed E-state index contributed by atoms with van der Waals surface area (Å²) in [6.07, 6.45) is -4.79. The van der Waals surface area contributed by atoms with Crippen molar-refractivity contribution in [2.75, 3.05) is 0 Å². The standard InChI is InChI=1S/C9H8F3NO3S/c1-6-2-4-7(5-3-6)8(9(10,11)12)13-16-17(14)15/h2-5,17H,1H3. The Kier molecular flexibility index (Phi) is 4.11. The highest BCUT2D eigenvalue weighted by atomic mass is 32.2. The molecule has 94 valence electrons. The average Bonchev–Trinajstić information content (AvgIpc) is 2.18. The number of rotatable bonds is 3. The quantitative estimate of drug-likeness (QED) is 0.516. The van der Waals surface area contributed by atoms with Gasteiger partial charge in [0.25, 0.3) is 0 Å². The van der Waals surface area contributed by atoms with Gasteiger partial charge in [-0.15, -0.1) is 0 Å². The van der Waals surface area contributed by atoms with Crippen LogP contribution >= 0.6 is 0 Å². The van der Waals surface area contributed by atoms with Crippen molar-refractivity contribution in [3.8, 4) is 0 Å². The van der Waals surface area contributed by atoms with Gasteiger partial charge in [-0.05, 0) is 6.92 Å². The first-order valence-corrected chi connectivity index (χ1v) is 5.44. The van der Waals surface area contributed by atoms with E-state index in [-0.39, 0.29) is 5.56 Å². The summed E-state index contributed by atoms with van der Waals surface area (Å²) in [7, 11) is -3.46. The minimum atomic E-state index is -4.79. The number of alkyl halides is 3. The molecule has 0 unspecified atom stereocenters. The Hall–Kier alpha value is -1.57. The summed E-state index contributed by atoms with van der Waals surface area (Å²) in [6, 6.07) is 5.27. The van der Waals surface area contributed by atoms with E-state index in [2.05, 4.69) is 9.44 Å². The smallest absolute Gasteiger partial charge is 0.270 e. The molecule has 0 spiro atoms. The van der Waals surface area contributed by atoms with E-state index < -0.39 is 22.9 Å². The molecule has 0 N–H and O–H groups in total. The Balaban J connectivity index is 3.15. The fourth-order valence-corrected chi connectivity index (χ4v) is 1.20. The van der Waals surface area contributed by atoms with Crippen LogP contribution in [0, 0.1) is 6.92 Å². The summed E-state index contributed by atoms with van der Waals surface area (Å²) in [5.74, 6) is 0. The largest absolute Gasteiger partial charge is 0.437 e. The predicted octanol–water partition coefficient (Wildman–Crippen LogP) is 1.80. The average molecular weight is 267 g/mol. The van der Waals surface area contributed by atoms with Crippen molar-refractivity contribution in [3.05, 3.63) is 35.4 Å². The van der Waals surface area contributed by atoms with Crippen LogP contribution in [0.3, 0.4) is 0 Å². The van der Waals surface area contributed by atoms with Gasteiger partial charge in [0, 0.05) is 5.56 Å². The summed E-state index contributed by atoms with van der Waals surface area (Å²) >= 11 is 0. The predicted molar refractivity (Wildman–Crippen MR) is 55.2 cm³/mol. The lowest BCUT2D eigenvalue weighted by Crippen LogP contribution is -2.24. The Bertz CT molecular complexity index is 483. The van der Waals surface area contributed by atoms with Crippen molar-refractivity contribution < 1.29 is 25.9 Å². The van der Waals surface area contributed by atoms with Crippen molar-refractivity contribution in [3.63, 3.8) is 0 Å². The monoisotopic (exact) mass is 267 g/mol. The number of hydrogen-bond donors (Lipinski definition) is 1. The van der Waals surface area contributed by atoms with Gasteiger partial charge in [0.1, 0.15) is 0 Å². The zero-order valence-corrected chi connectivity index (χ0v) is 9.46. The number of nitrogens with zero attached hydrogens (tertiary/aromatic N) is 1. The molecule has 1 aromatic carbocycles. The second-order valence-corrected chi connectivity index (χ2v) is 3.72. The fraction of sp³-hybridized carbons (Fsp3) is 0.222. The summed E-state index contributed by atoms with van der Waals surface area (Å²) in [6.45, 7) is 1.71. The van der Waals surface area contributed by atoms with Crippen LogP contribution in [0.2, 0.25) is 0 Å². The van der Waals surface area contributed by atoms with E-state index in [4.69, 9.17) is 0 Å². The molecular formula is C9H8F3NO3S. The second-order valence-electron chi connectivity index (χ2n) is 3.11. The summed E-state index contributed by atoms with van der Waals surface area (Å²) in [5, 5.41) is 2.59. The van der Waals surface area contributed by atoms with Gasteiger partial charge in [0.15, 0.2) is 5.71 Å². The highest BCUT2D eigenvalue weighted by molar-refractivity contribution is 7.67. The molecule has 0 aliphatic heterocycles. The van der Waals surface area contributed by atoms with Crippen LogP contribution in [-0.2, 0) is 15.3 Å². The molecule has 0 amide bonds. The van der Waals surface area contributed by atoms with Crippen LogP contribution < -0.4 is 0 Å². The number of hydrogen-bond acceptors (Lipinski definition) is 4. The minimum absolute atomic E-state index is 0.264. The van der Waals surface area contributed by atoms with Gasteiger partial charge in [-0.1, -0.05) is 35.0 Å². The van der Waals surface area contributed by atoms with Crippen molar-refractivity contribution >= 4 is 16.7 Å². The van der Waals surface area contributed by atoms with E-state index in [1.165, 1.54) is 24.3 Å². The SMILES string of the molecule is Cc1ccc(C(=NO[SH](=O)=O)C(F)(F)F)cc1. The molecule has 1 aromatic rings. The molecule has 0 heterocycles. The molecule has 17 heavy (non-hydrogen) atoms. The topological polar surface area (TPSA) is 55.7 Å². The van der Waals surface area contributed by atoms with Crippen molar-refractivity contribution in [2.45, 2.75) is 13.1 Å². The first-order chi connectivity index (χ1) is 7.80. The fourth-order valence-electron chi connectivity index (χ4n) is 1.05. The van der Waals surface area contributed by atoms with Crippen LogP contribution in [0.5, 0.6) is 0 Å². The van der Waals surface area contributed by atoms with Crippen LogP contribution in [0.25, 0.3) is 0 Å². The molecule has 0 saturated heterocycles. The Labute approximate surface area is 96.9 Å². The van der Waals surface area contributed by atoms with E-state index in [0.717, 1.165) is 5.56 Å². The first-order valence-electron chi connectivity index (χ1n) is 4.34. The van der Waals surface area contributed by atoms with E-state index >= 15 is 0 Å². The molecule has 1 rings (SSSR count). The van der Waals surface area contributed by atoms with Crippen LogP contribution in [0.15, 0.2) is 29.4 Å². The Morgan fingerprint density at radius 2 is 1.76 bits per heavy atom. The summed E-state index contributed by atoms with van der Waals surface area (Å²) < 4.78 is 61.4. The zero-order valence-electron chi connectivity index (χ0n) is 8.56. The minimum Gasteiger partial charge on any atom is -0.270 e. The number of thiol groups is 1. The molecule has 0 bridgehead atoms. The third-order valence-corrected chi connectivity index (χ3v) is 2.01. The van der Waals surface area contributed by atoms with E-state index in [9.17, 15) is 21.6 Å². The third kappa shape index (κ3) is 4.06. The van der Waals surface area contributed by atoms with E-state index in [1.54, 1.807) is 6.92 Å². The molecule has 0 atom stereocenters. The molecule has 4 nitrogen and oxygen atoms in total. The third-order valence-electron chi connectivity index (χ3n) is 1.79. The molecule has 8 heteroatoms. The second kappa shape index (κ2) is 5.17. The van der Waals surface area contributed by atoms with Gasteiger partial charge < -0.3 is 0 Å². The number of aryl methyl sites for hydroxylation is 1. The molecule has 0 saturated carbocycles. The van der Waals surface area contributed by atoms with Crippen molar-refractivity contribution in [2.24, 2.45) is 5.16 Å². The van der Waals surface area contributed by atoms with Crippen molar-refractivity contribution in [1.82, 2.24) is 0 Å². The lowest BCUT2D eigenvalue weighted by Gasteiger charge is -2.09.